The predicted molar refractivity (Wildman–Crippen MR) is 120 cm³/mol. The lowest BCUT2D eigenvalue weighted by molar-refractivity contribution is -0.137. The number of amides is 1. The maximum atomic E-state index is 13.3. The smallest absolute Gasteiger partial charge is 0.322 e. The summed E-state index contributed by atoms with van der Waals surface area (Å²) in [5.74, 6) is -0.718. The summed E-state index contributed by atoms with van der Waals surface area (Å²) in [6, 6.07) is 15.6. The number of halogens is 3. The highest BCUT2D eigenvalue weighted by Gasteiger charge is 2.31. The fourth-order valence-corrected chi connectivity index (χ4v) is 5.28. The van der Waals surface area contributed by atoms with E-state index >= 15 is 0 Å². The number of rotatable bonds is 4. The highest BCUT2D eigenvalue weighted by atomic mass is 32.2. The minimum absolute atomic E-state index is 0.147. The molecule has 4 rings (SSSR count). The molecule has 5 nitrogen and oxygen atoms in total. The molecule has 1 aliphatic rings. The second-order valence-electron chi connectivity index (χ2n) is 7.87. The molecule has 0 saturated carbocycles. The molecule has 0 radical (unpaired) electrons. The third kappa shape index (κ3) is 4.73. The first kappa shape index (κ1) is 22.8. The van der Waals surface area contributed by atoms with E-state index in [1.807, 2.05) is 6.92 Å². The van der Waals surface area contributed by atoms with Crippen LogP contribution in [0.5, 0.6) is 0 Å². The van der Waals surface area contributed by atoms with Gasteiger partial charge in [0.25, 0.3) is 15.9 Å². The van der Waals surface area contributed by atoms with Crippen LogP contribution in [0.15, 0.2) is 71.6 Å². The maximum Gasteiger partial charge on any atom is 0.416 e. The highest BCUT2D eigenvalue weighted by Crippen LogP contribution is 2.35. The van der Waals surface area contributed by atoms with Crippen LogP contribution in [0.2, 0.25) is 0 Å². The molecular weight excluding hydrogens is 453 g/mol. The molecule has 0 aromatic heterocycles. The molecule has 0 unspecified atom stereocenters. The number of fused-ring (bicyclic) bond motifs is 1. The number of carbonyl (C=O) groups excluding carboxylic acids is 1. The average Bonchev–Trinajstić information content (AvgIpc) is 2.78. The van der Waals surface area contributed by atoms with Crippen LogP contribution in [0.4, 0.5) is 24.5 Å². The second kappa shape index (κ2) is 8.55. The average molecular weight is 475 g/mol. The standard InChI is InChI=1S/C24H21F3N2O3S/c1-16-7-11-21(12-8-16)33(31,32)29-13-3-5-17-9-10-20(15-22(17)29)28-23(30)18-4-2-6-19(14-18)24(25,26)27/h2,4,6-12,14-15H,3,5,13H2,1H3,(H,28,30). The van der Waals surface area contributed by atoms with Crippen LogP contribution in [-0.2, 0) is 22.6 Å². The predicted octanol–water partition coefficient (Wildman–Crippen LogP) is 5.41. The second-order valence-corrected chi connectivity index (χ2v) is 9.73. The van der Waals surface area contributed by atoms with Crippen LogP contribution in [0.3, 0.4) is 0 Å². The monoisotopic (exact) mass is 474 g/mol. The number of carbonyl (C=O) groups is 1. The number of benzene rings is 3. The summed E-state index contributed by atoms with van der Waals surface area (Å²) >= 11 is 0. The fourth-order valence-electron chi connectivity index (χ4n) is 3.75. The third-order valence-corrected chi connectivity index (χ3v) is 7.31. The lowest BCUT2D eigenvalue weighted by Crippen LogP contribution is -2.35. The van der Waals surface area contributed by atoms with Crippen molar-refractivity contribution >= 4 is 27.3 Å². The number of nitrogens with one attached hydrogen (secondary N) is 1. The molecule has 0 fully saturated rings. The molecule has 3 aromatic carbocycles. The first-order valence-corrected chi connectivity index (χ1v) is 11.7. The molecule has 0 aliphatic carbocycles. The van der Waals surface area contributed by atoms with Gasteiger partial charge in [-0.3, -0.25) is 9.10 Å². The van der Waals surface area contributed by atoms with Crippen LogP contribution in [0, 0.1) is 6.92 Å². The Bertz CT molecular complexity index is 1300. The maximum absolute atomic E-state index is 13.3. The van der Waals surface area contributed by atoms with E-state index in [9.17, 15) is 26.4 Å². The van der Waals surface area contributed by atoms with E-state index < -0.39 is 27.7 Å². The highest BCUT2D eigenvalue weighted by molar-refractivity contribution is 7.92. The first-order chi connectivity index (χ1) is 15.6. The number of anilines is 2. The Hall–Kier alpha value is -3.33. The van der Waals surface area contributed by atoms with Gasteiger partial charge in [-0.05, 0) is 67.8 Å². The van der Waals surface area contributed by atoms with Crippen LogP contribution < -0.4 is 9.62 Å². The van der Waals surface area contributed by atoms with Gasteiger partial charge in [-0.25, -0.2) is 8.42 Å². The van der Waals surface area contributed by atoms with Gasteiger partial charge >= 0.3 is 6.18 Å². The zero-order valence-electron chi connectivity index (χ0n) is 17.7. The lowest BCUT2D eigenvalue weighted by atomic mass is 10.0. The van der Waals surface area contributed by atoms with Gasteiger partial charge in [-0.1, -0.05) is 29.8 Å². The lowest BCUT2D eigenvalue weighted by Gasteiger charge is -2.31. The third-order valence-electron chi connectivity index (χ3n) is 5.48. The van der Waals surface area contributed by atoms with Crippen molar-refractivity contribution in [2.24, 2.45) is 0 Å². The summed E-state index contributed by atoms with van der Waals surface area (Å²) in [7, 11) is -3.82. The van der Waals surface area contributed by atoms with Crippen molar-refractivity contribution in [2.45, 2.75) is 30.8 Å². The van der Waals surface area contributed by atoms with Crippen LogP contribution in [0.25, 0.3) is 0 Å². The number of aryl methyl sites for hydroxylation is 2. The van der Waals surface area contributed by atoms with Crippen molar-refractivity contribution in [3.8, 4) is 0 Å². The van der Waals surface area contributed by atoms with Gasteiger partial charge in [-0.2, -0.15) is 13.2 Å². The Morgan fingerprint density at radius 3 is 2.42 bits per heavy atom. The summed E-state index contributed by atoms with van der Waals surface area (Å²) in [5.41, 5.74) is 1.43. The first-order valence-electron chi connectivity index (χ1n) is 10.3. The van der Waals surface area contributed by atoms with Crippen molar-refractivity contribution in [3.05, 3.63) is 89.0 Å². The van der Waals surface area contributed by atoms with Crippen LogP contribution >= 0.6 is 0 Å². The zero-order chi connectivity index (χ0) is 23.8. The Kier molecular flexibility index (Phi) is 5.92. The van der Waals surface area contributed by atoms with E-state index in [2.05, 4.69) is 5.32 Å². The molecule has 1 amide bonds. The van der Waals surface area contributed by atoms with Crippen molar-refractivity contribution in [3.63, 3.8) is 0 Å². The Morgan fingerprint density at radius 2 is 1.73 bits per heavy atom. The van der Waals surface area contributed by atoms with E-state index in [1.165, 1.54) is 16.4 Å². The number of hydrogen-bond acceptors (Lipinski definition) is 3. The van der Waals surface area contributed by atoms with E-state index in [-0.39, 0.29) is 17.0 Å². The van der Waals surface area contributed by atoms with Crippen LogP contribution in [-0.4, -0.2) is 20.9 Å². The molecule has 33 heavy (non-hydrogen) atoms. The molecule has 172 valence electrons. The molecule has 0 atom stereocenters. The van der Waals surface area contributed by atoms with E-state index in [0.717, 1.165) is 23.3 Å². The van der Waals surface area contributed by atoms with Gasteiger partial charge < -0.3 is 5.32 Å². The Morgan fingerprint density at radius 1 is 1.00 bits per heavy atom. The summed E-state index contributed by atoms with van der Waals surface area (Å²) in [6.07, 6.45) is -3.24. The number of alkyl halides is 3. The fraction of sp³-hybridized carbons (Fsp3) is 0.208. The minimum Gasteiger partial charge on any atom is -0.322 e. The Labute approximate surface area is 189 Å². The number of hydrogen-bond donors (Lipinski definition) is 1. The largest absolute Gasteiger partial charge is 0.416 e. The summed E-state index contributed by atoms with van der Waals surface area (Å²) < 4.78 is 66.8. The molecule has 0 saturated heterocycles. The summed E-state index contributed by atoms with van der Waals surface area (Å²) in [4.78, 5) is 12.7. The number of sulfonamides is 1. The van der Waals surface area contributed by atoms with Gasteiger partial charge in [-0.15, -0.1) is 0 Å². The molecule has 1 N–H and O–H groups in total. The molecule has 1 heterocycles. The summed E-state index contributed by atoms with van der Waals surface area (Å²) in [6.45, 7) is 2.15. The molecular formula is C24H21F3N2O3S. The van der Waals surface area contributed by atoms with E-state index in [1.54, 1.807) is 42.5 Å². The van der Waals surface area contributed by atoms with Gasteiger partial charge in [0.1, 0.15) is 0 Å². The summed E-state index contributed by atoms with van der Waals surface area (Å²) in [5, 5.41) is 2.58. The van der Waals surface area contributed by atoms with E-state index in [4.69, 9.17) is 0 Å². The van der Waals surface area contributed by atoms with Gasteiger partial charge in [0.15, 0.2) is 0 Å². The van der Waals surface area contributed by atoms with Gasteiger partial charge in [0.2, 0.25) is 0 Å². The van der Waals surface area contributed by atoms with Crippen LogP contribution in [0.1, 0.15) is 33.5 Å². The van der Waals surface area contributed by atoms with Crippen molar-refractivity contribution < 1.29 is 26.4 Å². The van der Waals surface area contributed by atoms with Crippen molar-refractivity contribution in [2.75, 3.05) is 16.2 Å². The topological polar surface area (TPSA) is 66.5 Å². The van der Waals surface area contributed by atoms with E-state index in [0.29, 0.717) is 24.2 Å². The van der Waals surface area contributed by atoms with Crippen molar-refractivity contribution in [1.82, 2.24) is 0 Å². The normalized spacial score (nSPS) is 14.0. The molecule has 0 bridgehead atoms. The van der Waals surface area contributed by atoms with Gasteiger partial charge in [0.05, 0.1) is 16.1 Å². The quantitative estimate of drug-likeness (QED) is 0.550. The molecule has 9 heteroatoms. The molecule has 3 aromatic rings. The van der Waals surface area contributed by atoms with Crippen molar-refractivity contribution in [1.29, 1.82) is 0 Å². The molecule has 1 aliphatic heterocycles. The van der Waals surface area contributed by atoms with Gasteiger partial charge in [0, 0.05) is 17.8 Å². The molecule has 0 spiro atoms. The SMILES string of the molecule is Cc1ccc(S(=O)(=O)N2CCCc3ccc(NC(=O)c4cccc(C(F)(F)F)c4)cc32)cc1. The zero-order valence-corrected chi connectivity index (χ0v) is 18.5. The minimum atomic E-state index is -4.56. The Balaban J connectivity index is 1.64. The number of nitrogens with zero attached hydrogens (tertiary/aromatic N) is 1.